The van der Waals surface area contributed by atoms with Gasteiger partial charge in [-0.05, 0) is 40.9 Å². The Hall–Kier alpha value is -0.610. The highest BCUT2D eigenvalue weighted by molar-refractivity contribution is 5.83. The van der Waals surface area contributed by atoms with Crippen molar-refractivity contribution < 1.29 is 4.79 Å². The van der Waals surface area contributed by atoms with Gasteiger partial charge in [0, 0.05) is 19.1 Å². The van der Waals surface area contributed by atoms with Gasteiger partial charge in [0.05, 0.1) is 6.04 Å². The summed E-state index contributed by atoms with van der Waals surface area (Å²) in [4.78, 5) is 16.3. The van der Waals surface area contributed by atoms with Gasteiger partial charge in [-0.15, -0.1) is 0 Å². The van der Waals surface area contributed by atoms with Crippen LogP contribution in [-0.4, -0.2) is 61.5 Å². The minimum absolute atomic E-state index is 0.0635. The van der Waals surface area contributed by atoms with Gasteiger partial charge in [-0.25, -0.2) is 0 Å². The Bertz CT molecular complexity index is 220. The SMILES string of the molecule is CCN1C(=O)C(CCNC)N(C)CC1C. The Labute approximate surface area is 92.6 Å². The Balaban J connectivity index is 2.65. The molecule has 1 amide bonds. The van der Waals surface area contributed by atoms with Gasteiger partial charge in [0.15, 0.2) is 0 Å². The number of nitrogens with one attached hydrogen (secondary N) is 1. The summed E-state index contributed by atoms with van der Waals surface area (Å²) in [5.41, 5.74) is 0. The molecule has 88 valence electrons. The molecule has 1 aliphatic heterocycles. The van der Waals surface area contributed by atoms with Crippen molar-refractivity contribution in [2.45, 2.75) is 32.4 Å². The van der Waals surface area contributed by atoms with E-state index in [1.807, 2.05) is 19.0 Å². The average Bonchev–Trinajstić information content (AvgIpc) is 2.17. The minimum atomic E-state index is 0.0635. The van der Waals surface area contributed by atoms with E-state index in [1.165, 1.54) is 0 Å². The fourth-order valence-corrected chi connectivity index (χ4v) is 2.33. The zero-order valence-corrected chi connectivity index (χ0v) is 10.3. The summed E-state index contributed by atoms with van der Waals surface area (Å²) >= 11 is 0. The molecule has 2 unspecified atom stereocenters. The predicted molar refractivity (Wildman–Crippen MR) is 61.8 cm³/mol. The highest BCUT2D eigenvalue weighted by atomic mass is 16.2. The van der Waals surface area contributed by atoms with E-state index in [1.54, 1.807) is 0 Å². The van der Waals surface area contributed by atoms with Crippen LogP contribution in [0.4, 0.5) is 0 Å². The number of likely N-dealkylation sites (N-methyl/N-ethyl adjacent to an activating group) is 2. The maximum absolute atomic E-state index is 12.1. The fraction of sp³-hybridized carbons (Fsp3) is 0.909. The molecule has 0 radical (unpaired) electrons. The zero-order chi connectivity index (χ0) is 11.4. The molecule has 0 saturated carbocycles. The lowest BCUT2D eigenvalue weighted by Crippen LogP contribution is -2.59. The maximum Gasteiger partial charge on any atom is 0.240 e. The van der Waals surface area contributed by atoms with Gasteiger partial charge in [-0.3, -0.25) is 9.69 Å². The van der Waals surface area contributed by atoms with Crippen molar-refractivity contribution in [3.8, 4) is 0 Å². The van der Waals surface area contributed by atoms with Crippen LogP contribution in [0, 0.1) is 0 Å². The first-order chi connectivity index (χ1) is 7.11. The lowest BCUT2D eigenvalue weighted by molar-refractivity contribution is -0.144. The van der Waals surface area contributed by atoms with E-state index in [-0.39, 0.29) is 11.9 Å². The Morgan fingerprint density at radius 1 is 1.53 bits per heavy atom. The largest absolute Gasteiger partial charge is 0.338 e. The highest BCUT2D eigenvalue weighted by Crippen LogP contribution is 2.16. The molecule has 1 aliphatic rings. The quantitative estimate of drug-likeness (QED) is 0.722. The first-order valence-electron chi connectivity index (χ1n) is 5.77. The molecule has 4 nitrogen and oxygen atoms in total. The van der Waals surface area contributed by atoms with Crippen molar-refractivity contribution in [1.29, 1.82) is 0 Å². The van der Waals surface area contributed by atoms with E-state index in [9.17, 15) is 4.79 Å². The summed E-state index contributed by atoms with van der Waals surface area (Å²) in [6.07, 6.45) is 0.898. The van der Waals surface area contributed by atoms with Gasteiger partial charge in [-0.1, -0.05) is 0 Å². The van der Waals surface area contributed by atoms with E-state index < -0.39 is 0 Å². The Kier molecular flexibility index (Phi) is 4.54. The molecule has 0 aromatic rings. The van der Waals surface area contributed by atoms with Gasteiger partial charge >= 0.3 is 0 Å². The van der Waals surface area contributed by atoms with Crippen LogP contribution in [0.15, 0.2) is 0 Å². The van der Waals surface area contributed by atoms with Crippen molar-refractivity contribution in [3.05, 3.63) is 0 Å². The average molecular weight is 213 g/mol. The monoisotopic (exact) mass is 213 g/mol. The van der Waals surface area contributed by atoms with Gasteiger partial charge in [-0.2, -0.15) is 0 Å². The Morgan fingerprint density at radius 3 is 2.73 bits per heavy atom. The van der Waals surface area contributed by atoms with Crippen molar-refractivity contribution in [2.24, 2.45) is 0 Å². The summed E-state index contributed by atoms with van der Waals surface area (Å²) in [7, 11) is 3.97. The molecule has 0 aromatic carbocycles. The van der Waals surface area contributed by atoms with E-state index >= 15 is 0 Å². The van der Waals surface area contributed by atoms with Crippen LogP contribution in [0.5, 0.6) is 0 Å². The lowest BCUT2D eigenvalue weighted by atomic mass is 10.0. The third kappa shape index (κ3) is 2.69. The first-order valence-corrected chi connectivity index (χ1v) is 5.77. The number of piperazine rings is 1. The van der Waals surface area contributed by atoms with Crippen molar-refractivity contribution in [2.75, 3.05) is 33.7 Å². The maximum atomic E-state index is 12.1. The molecular weight excluding hydrogens is 190 g/mol. The van der Waals surface area contributed by atoms with Crippen LogP contribution in [0.3, 0.4) is 0 Å². The van der Waals surface area contributed by atoms with Crippen LogP contribution in [0.1, 0.15) is 20.3 Å². The number of nitrogens with zero attached hydrogens (tertiary/aromatic N) is 2. The normalized spacial score (nSPS) is 28.5. The highest BCUT2D eigenvalue weighted by Gasteiger charge is 2.35. The molecule has 4 heteroatoms. The number of hydrogen-bond donors (Lipinski definition) is 1. The second-order valence-corrected chi connectivity index (χ2v) is 4.32. The molecule has 1 heterocycles. The number of amides is 1. The van der Waals surface area contributed by atoms with Crippen LogP contribution in [0.2, 0.25) is 0 Å². The number of rotatable bonds is 4. The van der Waals surface area contributed by atoms with Crippen molar-refractivity contribution in [1.82, 2.24) is 15.1 Å². The number of carbonyl (C=O) groups excluding carboxylic acids is 1. The molecule has 1 saturated heterocycles. The van der Waals surface area contributed by atoms with Crippen LogP contribution >= 0.6 is 0 Å². The number of carbonyl (C=O) groups is 1. The van der Waals surface area contributed by atoms with Crippen molar-refractivity contribution >= 4 is 5.91 Å². The van der Waals surface area contributed by atoms with E-state index in [4.69, 9.17) is 0 Å². The molecule has 1 fully saturated rings. The van der Waals surface area contributed by atoms with Gasteiger partial charge < -0.3 is 10.2 Å². The molecule has 0 aromatic heterocycles. The van der Waals surface area contributed by atoms with E-state index in [2.05, 4.69) is 24.1 Å². The molecule has 1 N–H and O–H groups in total. The van der Waals surface area contributed by atoms with Gasteiger partial charge in [0.1, 0.15) is 0 Å². The van der Waals surface area contributed by atoms with Gasteiger partial charge in [0.2, 0.25) is 5.91 Å². The standard InChI is InChI=1S/C11H23N3O/c1-5-14-9(2)8-13(4)10(11(14)15)6-7-12-3/h9-10,12H,5-8H2,1-4H3. The van der Waals surface area contributed by atoms with Crippen molar-refractivity contribution in [3.63, 3.8) is 0 Å². The summed E-state index contributed by atoms with van der Waals surface area (Å²) < 4.78 is 0. The predicted octanol–water partition coefficient (Wildman–Crippen LogP) is 0.147. The summed E-state index contributed by atoms with van der Waals surface area (Å²) in [6, 6.07) is 0.409. The topological polar surface area (TPSA) is 35.6 Å². The zero-order valence-electron chi connectivity index (χ0n) is 10.3. The van der Waals surface area contributed by atoms with E-state index in [0.29, 0.717) is 6.04 Å². The molecule has 0 aliphatic carbocycles. The summed E-state index contributed by atoms with van der Waals surface area (Å²) in [6.45, 7) is 6.87. The molecular formula is C11H23N3O. The van der Waals surface area contributed by atoms with Gasteiger partial charge in [0.25, 0.3) is 0 Å². The fourth-order valence-electron chi connectivity index (χ4n) is 2.33. The van der Waals surface area contributed by atoms with Crippen LogP contribution in [-0.2, 0) is 4.79 Å². The lowest BCUT2D eigenvalue weighted by Gasteiger charge is -2.42. The second-order valence-electron chi connectivity index (χ2n) is 4.32. The molecule has 0 spiro atoms. The third-order valence-corrected chi connectivity index (χ3v) is 3.19. The third-order valence-electron chi connectivity index (χ3n) is 3.19. The van der Waals surface area contributed by atoms with Crippen LogP contribution in [0.25, 0.3) is 0 Å². The summed E-state index contributed by atoms with van der Waals surface area (Å²) in [5, 5.41) is 3.10. The molecule has 2 atom stereocenters. The molecule has 1 rings (SSSR count). The minimum Gasteiger partial charge on any atom is -0.338 e. The van der Waals surface area contributed by atoms with E-state index in [0.717, 1.165) is 26.1 Å². The van der Waals surface area contributed by atoms with Crippen LogP contribution < -0.4 is 5.32 Å². The molecule has 15 heavy (non-hydrogen) atoms. The molecule has 0 bridgehead atoms. The smallest absolute Gasteiger partial charge is 0.240 e. The number of hydrogen-bond acceptors (Lipinski definition) is 3. The Morgan fingerprint density at radius 2 is 2.20 bits per heavy atom. The summed E-state index contributed by atoms with van der Waals surface area (Å²) in [5.74, 6) is 0.286. The second kappa shape index (κ2) is 5.47. The first kappa shape index (κ1) is 12.5.